The van der Waals surface area contributed by atoms with Gasteiger partial charge in [-0.25, -0.2) is 8.42 Å². The summed E-state index contributed by atoms with van der Waals surface area (Å²) in [6, 6.07) is 10.1. The van der Waals surface area contributed by atoms with Gasteiger partial charge in [0.1, 0.15) is 6.54 Å². The maximum Gasteiger partial charge on any atom is 0.416 e. The second-order valence-corrected chi connectivity index (χ2v) is 9.56. The number of amides is 1. The van der Waals surface area contributed by atoms with Crippen molar-refractivity contribution in [2.24, 2.45) is 0 Å². The zero-order valence-corrected chi connectivity index (χ0v) is 20.5. The van der Waals surface area contributed by atoms with Gasteiger partial charge in [0.2, 0.25) is 5.91 Å². The largest absolute Gasteiger partial charge is 0.493 e. The number of nitrogens with one attached hydrogen (secondary N) is 1. The number of sulfonamides is 1. The SMILES string of the molecule is COc1ccc(S(=O)(=O)N(CC(=O)Nc2ccc(C(F)(F)F)cc2)c2cccc(C(F)(F)F)c2)cc1OC. The molecule has 0 atom stereocenters. The quantitative estimate of drug-likeness (QED) is 0.363. The Balaban J connectivity index is 2.01. The molecule has 0 aromatic heterocycles. The Morgan fingerprint density at radius 3 is 1.97 bits per heavy atom. The van der Waals surface area contributed by atoms with Gasteiger partial charge in [-0.15, -0.1) is 0 Å². The van der Waals surface area contributed by atoms with Crippen LogP contribution in [0.2, 0.25) is 0 Å². The fraction of sp³-hybridized carbons (Fsp3) is 0.208. The number of ether oxygens (including phenoxy) is 2. The van der Waals surface area contributed by atoms with Crippen molar-refractivity contribution in [1.29, 1.82) is 0 Å². The smallest absolute Gasteiger partial charge is 0.416 e. The molecule has 0 saturated heterocycles. The number of halogens is 6. The number of carbonyl (C=O) groups is 1. The zero-order valence-electron chi connectivity index (χ0n) is 19.7. The lowest BCUT2D eigenvalue weighted by Crippen LogP contribution is -2.38. The highest BCUT2D eigenvalue weighted by Crippen LogP contribution is 2.35. The lowest BCUT2D eigenvalue weighted by Gasteiger charge is -2.25. The Morgan fingerprint density at radius 1 is 0.816 bits per heavy atom. The van der Waals surface area contributed by atoms with Crippen LogP contribution in [-0.4, -0.2) is 35.1 Å². The molecule has 0 spiro atoms. The van der Waals surface area contributed by atoms with Crippen LogP contribution in [0.3, 0.4) is 0 Å². The monoisotopic (exact) mass is 562 g/mol. The summed E-state index contributed by atoms with van der Waals surface area (Å²) in [5.74, 6) is -0.838. The Hall–Kier alpha value is -3.94. The van der Waals surface area contributed by atoms with E-state index >= 15 is 0 Å². The third-order valence-electron chi connectivity index (χ3n) is 5.19. The Kier molecular flexibility index (Phi) is 8.15. The van der Waals surface area contributed by atoms with Crippen molar-refractivity contribution >= 4 is 27.3 Å². The summed E-state index contributed by atoms with van der Waals surface area (Å²) in [6.07, 6.45) is -9.42. The molecule has 0 fully saturated rings. The molecule has 3 aromatic rings. The van der Waals surface area contributed by atoms with Crippen LogP contribution >= 0.6 is 0 Å². The fourth-order valence-corrected chi connectivity index (χ4v) is 4.76. The van der Waals surface area contributed by atoms with Crippen LogP contribution in [0.15, 0.2) is 71.6 Å². The van der Waals surface area contributed by atoms with E-state index in [-0.39, 0.29) is 17.2 Å². The number of benzene rings is 3. The molecule has 0 bridgehead atoms. The van der Waals surface area contributed by atoms with Gasteiger partial charge in [0.05, 0.1) is 35.9 Å². The van der Waals surface area contributed by atoms with Gasteiger partial charge in [0, 0.05) is 11.8 Å². The molecule has 0 saturated carbocycles. The number of methoxy groups -OCH3 is 2. The molecule has 7 nitrogen and oxygen atoms in total. The minimum atomic E-state index is -4.81. The van der Waals surface area contributed by atoms with E-state index in [1.165, 1.54) is 20.3 Å². The average Bonchev–Trinajstić information content (AvgIpc) is 2.86. The second kappa shape index (κ2) is 10.8. The first-order chi connectivity index (χ1) is 17.7. The molecule has 0 aliphatic rings. The number of hydrogen-bond acceptors (Lipinski definition) is 5. The highest BCUT2D eigenvalue weighted by atomic mass is 32.2. The van der Waals surface area contributed by atoms with E-state index in [4.69, 9.17) is 9.47 Å². The average molecular weight is 562 g/mol. The first kappa shape index (κ1) is 28.6. The highest BCUT2D eigenvalue weighted by Gasteiger charge is 2.34. The van der Waals surface area contributed by atoms with Gasteiger partial charge in [0.15, 0.2) is 11.5 Å². The van der Waals surface area contributed by atoms with Crippen molar-refractivity contribution in [2.45, 2.75) is 17.2 Å². The summed E-state index contributed by atoms with van der Waals surface area (Å²) in [5, 5.41) is 2.25. The summed E-state index contributed by atoms with van der Waals surface area (Å²) in [4.78, 5) is 12.3. The van der Waals surface area contributed by atoms with Crippen LogP contribution in [0.25, 0.3) is 0 Å². The molecular formula is C24H20F6N2O5S. The summed E-state index contributed by atoms with van der Waals surface area (Å²) >= 11 is 0. The first-order valence-corrected chi connectivity index (χ1v) is 12.0. The number of alkyl halides is 6. The van der Waals surface area contributed by atoms with Gasteiger partial charge in [-0.1, -0.05) is 6.07 Å². The summed E-state index contributed by atoms with van der Waals surface area (Å²) in [6.45, 7) is -1.00. The molecule has 0 heterocycles. The van der Waals surface area contributed by atoms with Crippen LogP contribution in [0, 0.1) is 0 Å². The van der Waals surface area contributed by atoms with Crippen molar-refractivity contribution in [3.8, 4) is 11.5 Å². The second-order valence-electron chi connectivity index (χ2n) is 7.70. The van der Waals surface area contributed by atoms with Gasteiger partial charge in [-0.3, -0.25) is 9.10 Å². The standard InChI is InChI=1S/C24H20F6N2O5S/c1-36-20-11-10-19(13-21(20)37-2)38(34,35)32(18-5-3-4-16(12-18)24(28,29)30)14-22(33)31-17-8-6-15(7-9-17)23(25,26)27/h3-13H,14H2,1-2H3,(H,31,33). The van der Waals surface area contributed by atoms with Crippen molar-refractivity contribution < 1.29 is 49.0 Å². The summed E-state index contributed by atoms with van der Waals surface area (Å²) in [7, 11) is -2.11. The lowest BCUT2D eigenvalue weighted by molar-refractivity contribution is -0.138. The Bertz CT molecular complexity index is 1410. The minimum Gasteiger partial charge on any atom is -0.493 e. The van der Waals surface area contributed by atoms with Crippen LogP contribution in [0.4, 0.5) is 37.7 Å². The number of nitrogens with zero attached hydrogens (tertiary/aromatic N) is 1. The molecule has 3 rings (SSSR count). The van der Waals surface area contributed by atoms with Crippen LogP contribution < -0.4 is 19.1 Å². The molecule has 0 aliphatic carbocycles. The van der Waals surface area contributed by atoms with E-state index in [0.717, 1.165) is 42.5 Å². The maximum atomic E-state index is 13.5. The van der Waals surface area contributed by atoms with Gasteiger partial charge in [-0.05, 0) is 54.6 Å². The predicted octanol–water partition coefficient (Wildman–Crippen LogP) is 5.58. The molecule has 0 unspecified atom stereocenters. The predicted molar refractivity (Wildman–Crippen MR) is 126 cm³/mol. The minimum absolute atomic E-state index is 0.00627. The van der Waals surface area contributed by atoms with Gasteiger partial charge in [0.25, 0.3) is 10.0 Å². The van der Waals surface area contributed by atoms with Crippen LogP contribution in [0.1, 0.15) is 11.1 Å². The van der Waals surface area contributed by atoms with E-state index in [1.54, 1.807) is 0 Å². The van der Waals surface area contributed by atoms with Gasteiger partial charge < -0.3 is 14.8 Å². The number of anilines is 2. The molecule has 1 amide bonds. The van der Waals surface area contributed by atoms with E-state index in [0.29, 0.717) is 22.5 Å². The fourth-order valence-electron chi connectivity index (χ4n) is 3.33. The Labute approximate surface area is 213 Å². The molecule has 1 N–H and O–H groups in total. The van der Waals surface area contributed by atoms with E-state index in [1.807, 2.05) is 0 Å². The molecule has 3 aromatic carbocycles. The Morgan fingerprint density at radius 2 is 1.42 bits per heavy atom. The highest BCUT2D eigenvalue weighted by molar-refractivity contribution is 7.92. The molecule has 14 heteroatoms. The molecule has 204 valence electrons. The van der Waals surface area contributed by atoms with Crippen molar-refractivity contribution in [2.75, 3.05) is 30.4 Å². The molecule has 38 heavy (non-hydrogen) atoms. The first-order valence-electron chi connectivity index (χ1n) is 10.6. The summed E-state index contributed by atoms with van der Waals surface area (Å²) < 4.78 is 116. The van der Waals surface area contributed by atoms with Gasteiger partial charge in [-0.2, -0.15) is 26.3 Å². The maximum absolute atomic E-state index is 13.5. The molecular weight excluding hydrogens is 542 g/mol. The van der Waals surface area contributed by atoms with Crippen molar-refractivity contribution in [3.05, 3.63) is 77.9 Å². The van der Waals surface area contributed by atoms with E-state index < -0.39 is 56.5 Å². The topological polar surface area (TPSA) is 84.9 Å². The molecule has 0 aliphatic heterocycles. The third-order valence-corrected chi connectivity index (χ3v) is 6.96. The van der Waals surface area contributed by atoms with Crippen LogP contribution in [0.5, 0.6) is 11.5 Å². The van der Waals surface area contributed by atoms with E-state index in [2.05, 4.69) is 5.32 Å². The van der Waals surface area contributed by atoms with Crippen molar-refractivity contribution in [3.63, 3.8) is 0 Å². The third kappa shape index (κ3) is 6.49. The lowest BCUT2D eigenvalue weighted by atomic mass is 10.2. The normalized spacial score (nSPS) is 12.1. The van der Waals surface area contributed by atoms with E-state index in [9.17, 15) is 39.6 Å². The van der Waals surface area contributed by atoms with Gasteiger partial charge >= 0.3 is 12.4 Å². The number of carbonyl (C=O) groups excluding carboxylic acids is 1. The number of hydrogen-bond donors (Lipinski definition) is 1. The number of rotatable bonds is 8. The summed E-state index contributed by atoms with van der Waals surface area (Å²) in [5.41, 5.74) is -2.70. The molecule has 0 radical (unpaired) electrons. The van der Waals surface area contributed by atoms with Crippen molar-refractivity contribution in [1.82, 2.24) is 0 Å². The zero-order chi connectivity index (χ0) is 28.3. The van der Waals surface area contributed by atoms with Crippen LogP contribution in [-0.2, 0) is 27.2 Å².